The number of nitrogens with one attached hydrogen (secondary N) is 2. The molecule has 0 fully saturated rings. The highest BCUT2D eigenvalue weighted by Crippen LogP contribution is 2.20. The van der Waals surface area contributed by atoms with E-state index in [1.807, 2.05) is 0 Å². The quantitative estimate of drug-likeness (QED) is 0.561. The van der Waals surface area contributed by atoms with Crippen molar-refractivity contribution in [3.05, 3.63) is 47.3 Å². The lowest BCUT2D eigenvalue weighted by molar-refractivity contribution is -0.123. The fourth-order valence-corrected chi connectivity index (χ4v) is 2.62. The Hall–Kier alpha value is -3.30. The topological polar surface area (TPSA) is 102 Å². The number of ether oxygens (including phenoxy) is 2. The van der Waals surface area contributed by atoms with E-state index in [2.05, 4.69) is 20.6 Å². The van der Waals surface area contributed by atoms with Gasteiger partial charge in [0.15, 0.2) is 6.61 Å². The molecule has 10 heteroatoms. The molecule has 31 heavy (non-hydrogen) atoms. The van der Waals surface area contributed by atoms with Gasteiger partial charge >= 0.3 is 0 Å². The summed E-state index contributed by atoms with van der Waals surface area (Å²) in [7, 11) is 1.38. The van der Waals surface area contributed by atoms with Gasteiger partial charge in [0.2, 0.25) is 17.7 Å². The first kappa shape index (κ1) is 24.0. The van der Waals surface area contributed by atoms with E-state index in [0.29, 0.717) is 29.8 Å². The molecule has 0 aliphatic rings. The summed E-state index contributed by atoms with van der Waals surface area (Å²) in [5, 5.41) is 5.57. The normalized spacial score (nSPS) is 10.8. The van der Waals surface area contributed by atoms with Crippen molar-refractivity contribution in [1.29, 1.82) is 0 Å². The van der Waals surface area contributed by atoms with E-state index in [1.165, 1.54) is 13.2 Å². The van der Waals surface area contributed by atoms with Crippen LogP contribution in [0, 0.1) is 5.92 Å². The molecule has 0 atom stereocenters. The zero-order valence-corrected chi connectivity index (χ0v) is 17.7. The minimum absolute atomic E-state index is 0.00483. The Kier molecular flexibility index (Phi) is 9.11. The van der Waals surface area contributed by atoms with Crippen molar-refractivity contribution in [3.8, 4) is 11.8 Å². The molecule has 0 bridgehead atoms. The van der Waals surface area contributed by atoms with Crippen molar-refractivity contribution in [2.24, 2.45) is 5.92 Å². The first-order valence-electron chi connectivity index (χ1n) is 9.76. The van der Waals surface area contributed by atoms with Crippen molar-refractivity contribution in [2.45, 2.75) is 33.2 Å². The van der Waals surface area contributed by atoms with Crippen molar-refractivity contribution in [1.82, 2.24) is 20.6 Å². The van der Waals surface area contributed by atoms with Gasteiger partial charge in [0.05, 0.1) is 18.4 Å². The molecule has 168 valence electrons. The monoisotopic (exact) mass is 436 g/mol. The molecule has 0 aliphatic heterocycles. The summed E-state index contributed by atoms with van der Waals surface area (Å²) in [6.45, 7) is 3.30. The Balaban J connectivity index is 2.00. The number of methoxy groups -OCH3 is 1. The van der Waals surface area contributed by atoms with E-state index in [1.54, 1.807) is 38.2 Å². The maximum atomic E-state index is 12.7. The third kappa shape index (κ3) is 7.47. The minimum Gasteiger partial charge on any atom is -0.481 e. The second-order valence-electron chi connectivity index (χ2n) is 6.90. The molecule has 0 aromatic carbocycles. The van der Waals surface area contributed by atoms with Crippen molar-refractivity contribution < 1.29 is 27.8 Å². The second kappa shape index (κ2) is 11.8. The molecule has 0 aliphatic carbocycles. The Morgan fingerprint density at radius 1 is 1.16 bits per heavy atom. The summed E-state index contributed by atoms with van der Waals surface area (Å²) < 4.78 is 34.6. The summed E-state index contributed by atoms with van der Waals surface area (Å²) in [5.41, 5.74) is 1.50. The molecule has 8 nitrogen and oxygen atoms in total. The summed E-state index contributed by atoms with van der Waals surface area (Å²) in [5.74, 6) is -0.372. The highest BCUT2D eigenvalue weighted by molar-refractivity contribution is 5.95. The predicted octanol–water partition coefficient (Wildman–Crippen LogP) is 2.37. The molecule has 0 unspecified atom stereocenters. The smallest absolute Gasteiger partial charge is 0.272 e. The molecular formula is C21H26F2N4O4. The molecular weight excluding hydrogens is 410 g/mol. The van der Waals surface area contributed by atoms with E-state index in [9.17, 15) is 18.4 Å². The molecule has 0 radical (unpaired) electrons. The van der Waals surface area contributed by atoms with Crippen LogP contribution in [0.5, 0.6) is 11.8 Å². The summed E-state index contributed by atoms with van der Waals surface area (Å²) in [4.78, 5) is 32.6. The fourth-order valence-electron chi connectivity index (χ4n) is 2.62. The van der Waals surface area contributed by atoms with Crippen LogP contribution in [0.25, 0.3) is 0 Å². The van der Waals surface area contributed by atoms with Crippen LogP contribution in [0.3, 0.4) is 0 Å². The van der Waals surface area contributed by atoms with Crippen LogP contribution in [0.15, 0.2) is 30.5 Å². The van der Waals surface area contributed by atoms with Gasteiger partial charge in [-0.05, 0) is 18.2 Å². The molecule has 2 aromatic heterocycles. The molecule has 0 saturated carbocycles. The summed E-state index contributed by atoms with van der Waals surface area (Å²) in [6, 6.07) is 6.32. The first-order chi connectivity index (χ1) is 14.8. The van der Waals surface area contributed by atoms with Gasteiger partial charge in [0.1, 0.15) is 0 Å². The number of carbonyl (C=O) groups excluding carboxylic acids is 2. The highest BCUT2D eigenvalue weighted by Gasteiger charge is 2.15. The van der Waals surface area contributed by atoms with Crippen LogP contribution in [0.2, 0.25) is 0 Å². The first-order valence-corrected chi connectivity index (χ1v) is 9.76. The summed E-state index contributed by atoms with van der Waals surface area (Å²) in [6.07, 6.45) is -0.621. The van der Waals surface area contributed by atoms with Gasteiger partial charge in [-0.2, -0.15) is 4.98 Å². The number of halogens is 2. The molecule has 2 amide bonds. The fraction of sp³-hybridized carbons (Fsp3) is 0.429. The highest BCUT2D eigenvalue weighted by atomic mass is 19.3. The Bertz CT molecular complexity index is 893. The molecule has 0 spiro atoms. The molecule has 2 N–H and O–H groups in total. The van der Waals surface area contributed by atoms with E-state index >= 15 is 0 Å². The average Bonchev–Trinajstić information content (AvgIpc) is 2.76. The lowest BCUT2D eigenvalue weighted by Crippen LogP contribution is -2.30. The standard InChI is InChI=1S/C21H26F2N4O4/c1-13(2)19(28)25-10-8-16-15(5-4-9-24-16)20(29)26-11-14-6-7-18(27-21(14)30-3)31-12-17(22)23/h4-7,9,13,17H,8,10-12H2,1-3H3,(H,25,28)(H,26,29). The number of hydrogen-bond acceptors (Lipinski definition) is 6. The van der Waals surface area contributed by atoms with E-state index in [0.717, 1.165) is 0 Å². The van der Waals surface area contributed by atoms with E-state index < -0.39 is 13.0 Å². The zero-order chi connectivity index (χ0) is 22.8. The Morgan fingerprint density at radius 2 is 1.94 bits per heavy atom. The van der Waals surface area contributed by atoms with Crippen LogP contribution >= 0.6 is 0 Å². The van der Waals surface area contributed by atoms with Gasteiger partial charge in [-0.1, -0.05) is 13.8 Å². The average molecular weight is 436 g/mol. The number of alkyl halides is 2. The lowest BCUT2D eigenvalue weighted by atomic mass is 10.1. The Labute approximate surface area is 179 Å². The van der Waals surface area contributed by atoms with Crippen LogP contribution in [0.1, 0.15) is 35.5 Å². The van der Waals surface area contributed by atoms with Crippen LogP contribution in [-0.4, -0.2) is 48.5 Å². The Morgan fingerprint density at radius 3 is 2.61 bits per heavy atom. The largest absolute Gasteiger partial charge is 0.481 e. The third-order valence-electron chi connectivity index (χ3n) is 4.22. The van der Waals surface area contributed by atoms with Gasteiger partial charge in [-0.25, -0.2) is 8.78 Å². The van der Waals surface area contributed by atoms with Gasteiger partial charge in [0.25, 0.3) is 12.3 Å². The third-order valence-corrected chi connectivity index (χ3v) is 4.22. The number of nitrogens with zero attached hydrogens (tertiary/aromatic N) is 2. The lowest BCUT2D eigenvalue weighted by Gasteiger charge is -2.13. The van der Waals surface area contributed by atoms with Crippen LogP contribution in [0.4, 0.5) is 8.78 Å². The molecule has 2 rings (SSSR count). The van der Waals surface area contributed by atoms with Crippen molar-refractivity contribution in [3.63, 3.8) is 0 Å². The molecule has 2 heterocycles. The van der Waals surface area contributed by atoms with Gasteiger partial charge in [-0.15, -0.1) is 0 Å². The zero-order valence-electron chi connectivity index (χ0n) is 17.7. The number of amides is 2. The van der Waals surface area contributed by atoms with Crippen molar-refractivity contribution in [2.75, 3.05) is 20.3 Å². The van der Waals surface area contributed by atoms with Gasteiger partial charge in [-0.3, -0.25) is 14.6 Å². The number of carbonyl (C=O) groups is 2. The van der Waals surface area contributed by atoms with Crippen molar-refractivity contribution >= 4 is 11.8 Å². The SMILES string of the molecule is COc1nc(OCC(F)F)ccc1CNC(=O)c1cccnc1CCNC(=O)C(C)C. The maximum absolute atomic E-state index is 12.7. The summed E-state index contributed by atoms with van der Waals surface area (Å²) >= 11 is 0. The number of pyridine rings is 2. The molecule has 2 aromatic rings. The predicted molar refractivity (Wildman–Crippen MR) is 109 cm³/mol. The number of aromatic nitrogens is 2. The van der Waals surface area contributed by atoms with E-state index in [-0.39, 0.29) is 36.0 Å². The van der Waals surface area contributed by atoms with Gasteiger partial charge < -0.3 is 20.1 Å². The van der Waals surface area contributed by atoms with Gasteiger partial charge in [0, 0.05) is 43.3 Å². The number of hydrogen-bond donors (Lipinski definition) is 2. The number of rotatable bonds is 11. The molecule has 0 saturated heterocycles. The van der Waals surface area contributed by atoms with Crippen LogP contribution < -0.4 is 20.1 Å². The second-order valence-corrected chi connectivity index (χ2v) is 6.90. The van der Waals surface area contributed by atoms with E-state index in [4.69, 9.17) is 9.47 Å². The maximum Gasteiger partial charge on any atom is 0.272 e. The van der Waals surface area contributed by atoms with Crippen LogP contribution in [-0.2, 0) is 17.8 Å². The minimum atomic E-state index is -2.61.